The molecule has 1 atom stereocenters. The summed E-state index contributed by atoms with van der Waals surface area (Å²) in [5.74, 6) is 0.496. The van der Waals surface area contributed by atoms with E-state index in [0.29, 0.717) is 21.9 Å². The molecule has 0 saturated heterocycles. The predicted octanol–water partition coefficient (Wildman–Crippen LogP) is 4.64. The van der Waals surface area contributed by atoms with Crippen LogP contribution in [0.2, 0.25) is 0 Å². The summed E-state index contributed by atoms with van der Waals surface area (Å²) in [5, 5.41) is 8.47. The van der Waals surface area contributed by atoms with Crippen molar-refractivity contribution in [1.82, 2.24) is 19.3 Å². The Kier molecular flexibility index (Phi) is 5.38. The molecule has 7 nitrogen and oxygen atoms in total. The van der Waals surface area contributed by atoms with Crippen molar-refractivity contribution in [2.45, 2.75) is 31.5 Å². The third-order valence-corrected chi connectivity index (χ3v) is 7.19. The SMILES string of the molecule is Cc1cc(Br)ccc1NC(=O)CC1CSc2nc3c(cnn3-c3ccccc3C)c(=O)n21. The number of para-hydroxylation sites is 1. The van der Waals surface area contributed by atoms with Gasteiger partial charge in [-0.05, 0) is 49.2 Å². The molecule has 1 amide bonds. The Morgan fingerprint density at radius 1 is 1.22 bits per heavy atom. The van der Waals surface area contributed by atoms with Gasteiger partial charge in [0.1, 0.15) is 5.39 Å². The van der Waals surface area contributed by atoms with Crippen LogP contribution in [0.5, 0.6) is 0 Å². The number of nitrogens with one attached hydrogen (secondary N) is 1. The minimum atomic E-state index is -0.253. The van der Waals surface area contributed by atoms with Crippen molar-refractivity contribution in [3.63, 3.8) is 0 Å². The van der Waals surface area contributed by atoms with Gasteiger partial charge in [-0.15, -0.1) is 0 Å². The number of thioether (sulfide) groups is 1. The number of halogens is 1. The zero-order valence-corrected chi connectivity index (χ0v) is 19.9. The lowest BCUT2D eigenvalue weighted by Crippen LogP contribution is -2.27. The standard InChI is InChI=1S/C23H20BrN5O2S/c1-13-5-3-4-6-19(13)29-21-17(11-25-29)22(31)28-16(12-32-23(28)27-21)10-20(30)26-18-8-7-15(24)9-14(18)2/h3-9,11,16H,10,12H2,1-2H3,(H,26,30). The fourth-order valence-corrected chi connectivity index (χ4v) is 5.55. The summed E-state index contributed by atoms with van der Waals surface area (Å²) in [6, 6.07) is 13.3. The number of fused-ring (bicyclic) bond motifs is 2. The van der Waals surface area contributed by atoms with Crippen LogP contribution in [-0.4, -0.2) is 31.0 Å². The monoisotopic (exact) mass is 509 g/mol. The first-order chi connectivity index (χ1) is 15.4. The van der Waals surface area contributed by atoms with Gasteiger partial charge in [0.25, 0.3) is 5.56 Å². The van der Waals surface area contributed by atoms with Gasteiger partial charge in [0, 0.05) is 22.3 Å². The molecule has 0 spiro atoms. The van der Waals surface area contributed by atoms with Crippen molar-refractivity contribution in [2.75, 3.05) is 11.1 Å². The minimum Gasteiger partial charge on any atom is -0.326 e. The van der Waals surface area contributed by atoms with Crippen LogP contribution in [0.25, 0.3) is 16.7 Å². The first-order valence-corrected chi connectivity index (χ1v) is 12.0. The summed E-state index contributed by atoms with van der Waals surface area (Å²) in [4.78, 5) is 30.8. The van der Waals surface area contributed by atoms with Gasteiger partial charge in [-0.25, -0.2) is 9.67 Å². The van der Waals surface area contributed by atoms with Crippen molar-refractivity contribution in [3.05, 3.63) is 74.6 Å². The molecule has 1 aliphatic rings. The molecule has 5 rings (SSSR count). The van der Waals surface area contributed by atoms with Gasteiger partial charge in [-0.2, -0.15) is 5.10 Å². The Morgan fingerprint density at radius 2 is 2.03 bits per heavy atom. The minimum absolute atomic E-state index is 0.128. The third-order valence-electron chi connectivity index (χ3n) is 5.60. The fourth-order valence-electron chi connectivity index (χ4n) is 3.94. The number of amides is 1. The second-order valence-electron chi connectivity index (χ2n) is 7.83. The summed E-state index contributed by atoms with van der Waals surface area (Å²) in [6.45, 7) is 3.94. The number of carbonyl (C=O) groups is 1. The second kappa shape index (κ2) is 8.22. The molecule has 32 heavy (non-hydrogen) atoms. The third kappa shape index (κ3) is 3.65. The number of anilines is 1. The highest BCUT2D eigenvalue weighted by Gasteiger charge is 2.29. The Labute approximate surface area is 197 Å². The van der Waals surface area contributed by atoms with Crippen molar-refractivity contribution in [2.24, 2.45) is 0 Å². The quantitative estimate of drug-likeness (QED) is 0.405. The summed E-state index contributed by atoms with van der Waals surface area (Å²) in [7, 11) is 0. The zero-order chi connectivity index (χ0) is 22.4. The van der Waals surface area contributed by atoms with E-state index in [0.717, 1.165) is 27.0 Å². The molecule has 1 unspecified atom stereocenters. The number of carbonyl (C=O) groups excluding carboxylic acids is 1. The maximum atomic E-state index is 13.3. The molecular formula is C23H20BrN5O2S. The van der Waals surface area contributed by atoms with Crippen LogP contribution in [-0.2, 0) is 4.79 Å². The van der Waals surface area contributed by atoms with E-state index < -0.39 is 0 Å². The van der Waals surface area contributed by atoms with E-state index in [9.17, 15) is 9.59 Å². The Morgan fingerprint density at radius 3 is 2.81 bits per heavy atom. The number of nitrogens with zero attached hydrogens (tertiary/aromatic N) is 4. The first kappa shape index (κ1) is 21.0. The van der Waals surface area contributed by atoms with Gasteiger partial charge in [0.15, 0.2) is 10.8 Å². The van der Waals surface area contributed by atoms with E-state index in [2.05, 4.69) is 26.3 Å². The molecule has 2 aromatic heterocycles. The number of aromatic nitrogens is 4. The van der Waals surface area contributed by atoms with Crippen LogP contribution >= 0.6 is 27.7 Å². The average Bonchev–Trinajstić information content (AvgIpc) is 3.36. The smallest absolute Gasteiger partial charge is 0.265 e. The van der Waals surface area contributed by atoms with Crippen LogP contribution in [0.15, 0.2) is 63.1 Å². The highest BCUT2D eigenvalue weighted by molar-refractivity contribution is 9.10. The van der Waals surface area contributed by atoms with Crippen LogP contribution in [0, 0.1) is 13.8 Å². The summed E-state index contributed by atoms with van der Waals surface area (Å²) >= 11 is 4.93. The highest BCUT2D eigenvalue weighted by atomic mass is 79.9. The van der Waals surface area contributed by atoms with E-state index in [1.54, 1.807) is 15.4 Å². The first-order valence-electron chi connectivity index (χ1n) is 10.2. The second-order valence-corrected chi connectivity index (χ2v) is 9.73. The molecule has 2 aromatic carbocycles. The van der Waals surface area contributed by atoms with Crippen molar-refractivity contribution < 1.29 is 4.79 Å². The van der Waals surface area contributed by atoms with Crippen LogP contribution in [0.1, 0.15) is 23.6 Å². The number of hydrogen-bond donors (Lipinski definition) is 1. The summed E-state index contributed by atoms with van der Waals surface area (Å²) in [6.07, 6.45) is 1.77. The Bertz CT molecular complexity index is 1430. The fraction of sp³-hybridized carbons (Fsp3) is 0.217. The van der Waals surface area contributed by atoms with Crippen LogP contribution in [0.4, 0.5) is 5.69 Å². The number of benzene rings is 2. The van der Waals surface area contributed by atoms with E-state index in [4.69, 9.17) is 4.98 Å². The lowest BCUT2D eigenvalue weighted by Gasteiger charge is -2.14. The molecule has 0 aliphatic carbocycles. The summed E-state index contributed by atoms with van der Waals surface area (Å²) in [5.41, 5.74) is 4.06. The average molecular weight is 510 g/mol. The van der Waals surface area contributed by atoms with Crippen molar-refractivity contribution in [1.29, 1.82) is 0 Å². The molecule has 1 aliphatic heterocycles. The maximum Gasteiger partial charge on any atom is 0.265 e. The lowest BCUT2D eigenvalue weighted by molar-refractivity contribution is -0.116. The van der Waals surface area contributed by atoms with Crippen molar-refractivity contribution in [3.8, 4) is 5.69 Å². The molecule has 162 valence electrons. The van der Waals surface area contributed by atoms with Gasteiger partial charge >= 0.3 is 0 Å². The molecule has 0 fully saturated rings. The van der Waals surface area contributed by atoms with Gasteiger partial charge < -0.3 is 5.32 Å². The molecule has 0 radical (unpaired) electrons. The molecule has 0 saturated carbocycles. The topological polar surface area (TPSA) is 81.8 Å². The van der Waals surface area contributed by atoms with E-state index in [-0.39, 0.29) is 23.9 Å². The zero-order valence-electron chi connectivity index (χ0n) is 17.5. The van der Waals surface area contributed by atoms with Gasteiger partial charge in [0.05, 0.1) is 17.9 Å². The number of hydrogen-bond acceptors (Lipinski definition) is 5. The lowest BCUT2D eigenvalue weighted by atomic mass is 10.1. The molecule has 3 heterocycles. The number of aryl methyl sites for hydroxylation is 2. The largest absolute Gasteiger partial charge is 0.326 e. The Balaban J connectivity index is 1.45. The molecule has 4 aromatic rings. The predicted molar refractivity (Wildman–Crippen MR) is 130 cm³/mol. The van der Waals surface area contributed by atoms with Gasteiger partial charge in [-0.1, -0.05) is 45.9 Å². The van der Waals surface area contributed by atoms with Crippen molar-refractivity contribution >= 4 is 50.3 Å². The van der Waals surface area contributed by atoms with Crippen LogP contribution in [0.3, 0.4) is 0 Å². The van der Waals surface area contributed by atoms with Gasteiger partial charge in [0.2, 0.25) is 5.91 Å². The molecule has 1 N–H and O–H groups in total. The van der Waals surface area contributed by atoms with E-state index in [1.807, 2.05) is 56.3 Å². The number of rotatable bonds is 4. The van der Waals surface area contributed by atoms with Gasteiger partial charge in [-0.3, -0.25) is 14.2 Å². The Hall–Kier alpha value is -2.91. The molecule has 9 heteroatoms. The normalized spacial score (nSPS) is 15.2. The molecule has 0 bridgehead atoms. The maximum absolute atomic E-state index is 13.3. The summed E-state index contributed by atoms with van der Waals surface area (Å²) < 4.78 is 4.32. The highest BCUT2D eigenvalue weighted by Crippen LogP contribution is 2.34. The molecular weight excluding hydrogens is 490 g/mol. The van der Waals surface area contributed by atoms with E-state index >= 15 is 0 Å². The van der Waals surface area contributed by atoms with E-state index in [1.165, 1.54) is 11.8 Å². The van der Waals surface area contributed by atoms with Crippen LogP contribution < -0.4 is 10.9 Å².